The first-order valence-corrected chi connectivity index (χ1v) is 7.00. The van der Waals surface area contributed by atoms with Crippen LogP contribution in [0.2, 0.25) is 0 Å². The highest BCUT2D eigenvalue weighted by atomic mass is 127. The monoisotopic (exact) mass is 377 g/mol. The minimum Gasteiger partial charge on any atom is -0.370 e. The number of nitrogens with one attached hydrogen (secondary N) is 1. The van der Waals surface area contributed by atoms with Crippen LogP contribution < -0.4 is 11.1 Å². The van der Waals surface area contributed by atoms with Crippen LogP contribution in [0.25, 0.3) is 0 Å². The third-order valence-corrected chi connectivity index (χ3v) is 4.60. The summed E-state index contributed by atoms with van der Waals surface area (Å²) < 4.78 is 22.7. The number of nitrogens with zero attached hydrogens (tertiary/aromatic N) is 1. The Bertz CT molecular complexity index is 345. The van der Waals surface area contributed by atoms with Crippen molar-refractivity contribution >= 4 is 39.8 Å². The molecule has 7 heteroatoms. The molecule has 0 aromatic rings. The van der Waals surface area contributed by atoms with Crippen LogP contribution in [0.1, 0.15) is 34.6 Å². The zero-order chi connectivity index (χ0) is 13.0. The molecule has 17 heavy (non-hydrogen) atoms. The maximum absolute atomic E-state index is 11.7. The van der Waals surface area contributed by atoms with E-state index in [1.165, 1.54) is 0 Å². The van der Waals surface area contributed by atoms with Gasteiger partial charge in [-0.1, -0.05) is 0 Å². The smallest absolute Gasteiger partial charge is 0.188 e. The molecular formula is C10H24IN3O2S. The SMILES string of the molecule is CC(C)NC(N)=NCCS(=O)(=O)C(C)(C)C.I. The second-order valence-electron chi connectivity index (χ2n) is 5.00. The van der Waals surface area contributed by atoms with E-state index in [1.54, 1.807) is 20.8 Å². The molecule has 0 aliphatic carbocycles. The molecular weight excluding hydrogens is 353 g/mol. The summed E-state index contributed by atoms with van der Waals surface area (Å²) in [6, 6.07) is 0.197. The van der Waals surface area contributed by atoms with Gasteiger partial charge < -0.3 is 11.1 Å². The first-order valence-electron chi connectivity index (χ1n) is 5.35. The van der Waals surface area contributed by atoms with Crippen molar-refractivity contribution in [2.45, 2.75) is 45.4 Å². The third-order valence-electron chi connectivity index (χ3n) is 2.01. The van der Waals surface area contributed by atoms with E-state index in [0.717, 1.165) is 0 Å². The van der Waals surface area contributed by atoms with Gasteiger partial charge in [-0.25, -0.2) is 8.42 Å². The Labute approximate surface area is 122 Å². The summed E-state index contributed by atoms with van der Waals surface area (Å²) in [6.45, 7) is 9.12. The molecule has 0 rings (SSSR count). The van der Waals surface area contributed by atoms with Gasteiger partial charge in [0.15, 0.2) is 15.8 Å². The average Bonchev–Trinajstić information content (AvgIpc) is 1.99. The Kier molecular flexibility index (Phi) is 8.40. The van der Waals surface area contributed by atoms with Gasteiger partial charge in [0.2, 0.25) is 0 Å². The fourth-order valence-electron chi connectivity index (χ4n) is 0.934. The van der Waals surface area contributed by atoms with Gasteiger partial charge in [0.05, 0.1) is 17.0 Å². The van der Waals surface area contributed by atoms with E-state index in [4.69, 9.17) is 5.73 Å². The number of guanidine groups is 1. The molecule has 0 spiro atoms. The van der Waals surface area contributed by atoms with E-state index >= 15 is 0 Å². The van der Waals surface area contributed by atoms with E-state index in [0.29, 0.717) is 5.96 Å². The van der Waals surface area contributed by atoms with Crippen LogP contribution in [0.3, 0.4) is 0 Å². The van der Waals surface area contributed by atoms with E-state index in [-0.39, 0.29) is 42.3 Å². The molecule has 0 heterocycles. The highest BCUT2D eigenvalue weighted by Gasteiger charge is 2.28. The van der Waals surface area contributed by atoms with Crippen molar-refractivity contribution < 1.29 is 8.42 Å². The number of nitrogens with two attached hydrogens (primary N) is 1. The van der Waals surface area contributed by atoms with E-state index in [2.05, 4.69) is 10.3 Å². The van der Waals surface area contributed by atoms with Crippen molar-refractivity contribution in [3.05, 3.63) is 0 Å². The largest absolute Gasteiger partial charge is 0.370 e. The van der Waals surface area contributed by atoms with Gasteiger partial charge in [-0.3, -0.25) is 4.99 Å². The summed E-state index contributed by atoms with van der Waals surface area (Å²) in [6.07, 6.45) is 0. The molecule has 0 amide bonds. The molecule has 0 aromatic heterocycles. The van der Waals surface area contributed by atoms with E-state index in [1.807, 2.05) is 13.8 Å². The fourth-order valence-corrected chi connectivity index (χ4v) is 1.88. The number of hydrogen-bond acceptors (Lipinski definition) is 3. The minimum atomic E-state index is -3.11. The lowest BCUT2D eigenvalue weighted by Gasteiger charge is -2.18. The normalized spacial score (nSPS) is 13.4. The Morgan fingerprint density at radius 2 is 1.82 bits per heavy atom. The van der Waals surface area contributed by atoms with Crippen molar-refractivity contribution in [3.63, 3.8) is 0 Å². The lowest BCUT2D eigenvalue weighted by Crippen LogP contribution is -2.37. The molecule has 0 radical (unpaired) electrons. The number of hydrogen-bond donors (Lipinski definition) is 2. The van der Waals surface area contributed by atoms with Gasteiger partial charge in [0.1, 0.15) is 0 Å². The van der Waals surface area contributed by atoms with Gasteiger partial charge in [-0.05, 0) is 34.6 Å². The van der Waals surface area contributed by atoms with Crippen LogP contribution in [0.5, 0.6) is 0 Å². The zero-order valence-corrected chi connectivity index (χ0v) is 14.3. The molecule has 3 N–H and O–H groups in total. The maximum Gasteiger partial charge on any atom is 0.188 e. The van der Waals surface area contributed by atoms with Gasteiger partial charge in [0.25, 0.3) is 0 Å². The molecule has 104 valence electrons. The summed E-state index contributed by atoms with van der Waals surface area (Å²) in [5, 5.41) is 2.90. The zero-order valence-electron chi connectivity index (χ0n) is 11.1. The molecule has 0 unspecified atom stereocenters. The highest BCUT2D eigenvalue weighted by Crippen LogP contribution is 2.15. The molecule has 0 aromatic carbocycles. The lowest BCUT2D eigenvalue weighted by molar-refractivity contribution is 0.560. The van der Waals surface area contributed by atoms with Gasteiger partial charge in [-0.15, -0.1) is 24.0 Å². The van der Waals surface area contributed by atoms with Crippen LogP contribution >= 0.6 is 24.0 Å². The van der Waals surface area contributed by atoms with E-state index < -0.39 is 14.6 Å². The second kappa shape index (κ2) is 7.40. The van der Waals surface area contributed by atoms with Crippen molar-refractivity contribution in [3.8, 4) is 0 Å². The molecule has 0 aliphatic rings. The quantitative estimate of drug-likeness (QED) is 0.437. The van der Waals surface area contributed by atoms with Crippen molar-refractivity contribution in [1.29, 1.82) is 0 Å². The van der Waals surface area contributed by atoms with Gasteiger partial charge in [0, 0.05) is 6.04 Å². The topological polar surface area (TPSA) is 84.5 Å². The van der Waals surface area contributed by atoms with Crippen molar-refractivity contribution in [2.24, 2.45) is 10.7 Å². The molecule has 5 nitrogen and oxygen atoms in total. The van der Waals surface area contributed by atoms with Gasteiger partial charge >= 0.3 is 0 Å². The van der Waals surface area contributed by atoms with Crippen molar-refractivity contribution in [1.82, 2.24) is 5.32 Å². The Balaban J connectivity index is 0. The maximum atomic E-state index is 11.7. The van der Waals surface area contributed by atoms with Crippen LogP contribution in [-0.4, -0.2) is 37.5 Å². The second-order valence-corrected chi connectivity index (χ2v) is 7.86. The van der Waals surface area contributed by atoms with E-state index in [9.17, 15) is 8.42 Å². The van der Waals surface area contributed by atoms with Crippen LogP contribution in [0.15, 0.2) is 4.99 Å². The average molecular weight is 377 g/mol. The lowest BCUT2D eigenvalue weighted by atomic mass is 10.3. The predicted octanol–water partition coefficient (Wildman–Crippen LogP) is 1.13. The molecule has 0 bridgehead atoms. The molecule has 0 atom stereocenters. The van der Waals surface area contributed by atoms with Crippen LogP contribution in [-0.2, 0) is 9.84 Å². The fraction of sp³-hybridized carbons (Fsp3) is 0.900. The highest BCUT2D eigenvalue weighted by molar-refractivity contribution is 14.0. The minimum absolute atomic E-state index is 0. The summed E-state index contributed by atoms with van der Waals surface area (Å²) in [5.41, 5.74) is 5.56. The summed E-state index contributed by atoms with van der Waals surface area (Å²) in [4.78, 5) is 3.97. The number of sulfone groups is 1. The first-order chi connectivity index (χ1) is 7.06. The Morgan fingerprint density at radius 1 is 1.35 bits per heavy atom. The Morgan fingerprint density at radius 3 is 2.18 bits per heavy atom. The summed E-state index contributed by atoms with van der Waals surface area (Å²) >= 11 is 0. The molecule has 0 saturated heterocycles. The molecule has 0 fully saturated rings. The number of aliphatic imine (C=N–C) groups is 1. The number of halogens is 1. The molecule has 0 saturated carbocycles. The first kappa shape index (κ1) is 19.3. The van der Waals surface area contributed by atoms with Crippen LogP contribution in [0, 0.1) is 0 Å². The molecule has 0 aliphatic heterocycles. The third kappa shape index (κ3) is 7.80. The number of rotatable bonds is 4. The summed E-state index contributed by atoms with van der Waals surface area (Å²) in [7, 11) is -3.11. The van der Waals surface area contributed by atoms with Crippen LogP contribution in [0.4, 0.5) is 0 Å². The Hall–Kier alpha value is -0.0500. The predicted molar refractivity (Wildman–Crippen MR) is 83.7 cm³/mol. The van der Waals surface area contributed by atoms with Crippen molar-refractivity contribution in [2.75, 3.05) is 12.3 Å². The van der Waals surface area contributed by atoms with Gasteiger partial charge in [-0.2, -0.15) is 0 Å². The summed E-state index contributed by atoms with van der Waals surface area (Å²) in [5.74, 6) is 0.316. The standard InChI is InChI=1S/C10H23N3O2S.HI/c1-8(2)13-9(11)12-6-7-16(14,15)10(3,4)5;/h8H,6-7H2,1-5H3,(H3,11,12,13);1H.